The molecule has 1 rings (SSSR count). The molecule has 0 aromatic carbocycles. The molecule has 0 aliphatic heterocycles. The Labute approximate surface area is 77.7 Å². The van der Waals surface area contributed by atoms with Gasteiger partial charge in [0, 0.05) is 0 Å². The van der Waals surface area contributed by atoms with Gasteiger partial charge in [-0.3, -0.25) is 0 Å². The van der Waals surface area contributed by atoms with E-state index in [1.165, 1.54) is 19.3 Å². The topological polar surface area (TPSA) is 0 Å². The van der Waals surface area contributed by atoms with E-state index in [9.17, 15) is 0 Å². The third-order valence-corrected chi connectivity index (χ3v) is 4.08. The van der Waals surface area contributed by atoms with Crippen molar-refractivity contribution in [2.45, 2.75) is 53.9 Å². The first kappa shape index (κ1) is 10.1. The molecule has 0 heteroatoms. The Morgan fingerprint density at radius 3 is 2.25 bits per heavy atom. The molecule has 3 unspecified atom stereocenters. The quantitative estimate of drug-likeness (QED) is 0.592. The maximum Gasteiger partial charge on any atom is -0.0266 e. The molecule has 72 valence electrons. The first-order valence-electron chi connectivity index (χ1n) is 5.52. The van der Waals surface area contributed by atoms with Crippen molar-refractivity contribution < 1.29 is 0 Å². The van der Waals surface area contributed by atoms with Gasteiger partial charge in [0.05, 0.1) is 0 Å². The zero-order valence-electron chi connectivity index (χ0n) is 9.35. The summed E-state index contributed by atoms with van der Waals surface area (Å²) in [6.45, 7) is 11.9. The number of rotatable bonds is 4. The van der Waals surface area contributed by atoms with Gasteiger partial charge in [-0.2, -0.15) is 0 Å². The molecule has 0 aromatic rings. The molecular weight excluding hydrogens is 144 g/mol. The van der Waals surface area contributed by atoms with Gasteiger partial charge in [0.25, 0.3) is 0 Å². The van der Waals surface area contributed by atoms with Gasteiger partial charge in [-0.05, 0) is 29.6 Å². The van der Waals surface area contributed by atoms with E-state index in [4.69, 9.17) is 0 Å². The summed E-state index contributed by atoms with van der Waals surface area (Å²) >= 11 is 0. The van der Waals surface area contributed by atoms with Crippen molar-refractivity contribution in [2.75, 3.05) is 0 Å². The fraction of sp³-hybridized carbons (Fsp3) is 1.00. The molecule has 12 heavy (non-hydrogen) atoms. The van der Waals surface area contributed by atoms with Gasteiger partial charge in [-0.1, -0.05) is 47.5 Å². The Bertz CT molecular complexity index is 148. The van der Waals surface area contributed by atoms with E-state index in [0.29, 0.717) is 5.41 Å². The van der Waals surface area contributed by atoms with Gasteiger partial charge < -0.3 is 0 Å². The van der Waals surface area contributed by atoms with Crippen molar-refractivity contribution in [1.82, 2.24) is 0 Å². The SMILES string of the molecule is CCC1C(C)C1(C)CCC(C)C. The van der Waals surface area contributed by atoms with Crippen LogP contribution in [0, 0.1) is 23.2 Å². The molecule has 0 spiro atoms. The fourth-order valence-electron chi connectivity index (χ4n) is 2.74. The highest BCUT2D eigenvalue weighted by molar-refractivity contribution is 5.04. The highest BCUT2D eigenvalue weighted by atomic mass is 14.6. The Hall–Kier alpha value is 0. The maximum atomic E-state index is 2.48. The Morgan fingerprint density at radius 2 is 1.92 bits per heavy atom. The van der Waals surface area contributed by atoms with Crippen molar-refractivity contribution in [1.29, 1.82) is 0 Å². The molecule has 0 radical (unpaired) electrons. The molecule has 0 N–H and O–H groups in total. The third kappa shape index (κ3) is 1.67. The summed E-state index contributed by atoms with van der Waals surface area (Å²) in [5.74, 6) is 2.89. The molecule has 1 saturated carbocycles. The summed E-state index contributed by atoms with van der Waals surface area (Å²) in [6.07, 6.45) is 4.25. The van der Waals surface area contributed by atoms with Crippen LogP contribution in [-0.2, 0) is 0 Å². The van der Waals surface area contributed by atoms with Crippen LogP contribution in [0.1, 0.15) is 53.9 Å². The van der Waals surface area contributed by atoms with E-state index in [1.54, 1.807) is 0 Å². The van der Waals surface area contributed by atoms with Gasteiger partial charge in [0.2, 0.25) is 0 Å². The molecule has 0 bridgehead atoms. The van der Waals surface area contributed by atoms with Crippen LogP contribution in [0.4, 0.5) is 0 Å². The lowest BCUT2D eigenvalue weighted by Gasteiger charge is -2.12. The van der Waals surface area contributed by atoms with Crippen LogP contribution in [0.5, 0.6) is 0 Å². The second kappa shape index (κ2) is 3.40. The summed E-state index contributed by atoms with van der Waals surface area (Å²) in [5.41, 5.74) is 0.707. The fourth-order valence-corrected chi connectivity index (χ4v) is 2.74. The van der Waals surface area contributed by atoms with Crippen molar-refractivity contribution in [3.05, 3.63) is 0 Å². The normalized spacial score (nSPS) is 40.5. The van der Waals surface area contributed by atoms with E-state index in [1.807, 2.05) is 0 Å². The van der Waals surface area contributed by atoms with E-state index < -0.39 is 0 Å². The summed E-state index contributed by atoms with van der Waals surface area (Å²) in [4.78, 5) is 0. The van der Waals surface area contributed by atoms with Gasteiger partial charge >= 0.3 is 0 Å². The number of hydrogen-bond donors (Lipinski definition) is 0. The van der Waals surface area contributed by atoms with Gasteiger partial charge in [0.1, 0.15) is 0 Å². The second-order valence-electron chi connectivity index (χ2n) is 5.24. The molecule has 1 aliphatic carbocycles. The number of hydrogen-bond acceptors (Lipinski definition) is 0. The Morgan fingerprint density at radius 1 is 1.33 bits per heavy atom. The molecule has 1 fully saturated rings. The predicted molar refractivity (Wildman–Crippen MR) is 55.1 cm³/mol. The van der Waals surface area contributed by atoms with Crippen LogP contribution in [0.25, 0.3) is 0 Å². The van der Waals surface area contributed by atoms with E-state index in [2.05, 4.69) is 34.6 Å². The van der Waals surface area contributed by atoms with Crippen molar-refractivity contribution in [2.24, 2.45) is 23.2 Å². The molecular formula is C12H24. The van der Waals surface area contributed by atoms with Crippen LogP contribution in [0.2, 0.25) is 0 Å². The minimum atomic E-state index is 0.707. The van der Waals surface area contributed by atoms with E-state index >= 15 is 0 Å². The van der Waals surface area contributed by atoms with Crippen LogP contribution in [0.3, 0.4) is 0 Å². The molecule has 1 aliphatic rings. The first-order chi connectivity index (χ1) is 5.52. The van der Waals surface area contributed by atoms with Gasteiger partial charge in [-0.25, -0.2) is 0 Å². The van der Waals surface area contributed by atoms with Crippen LogP contribution < -0.4 is 0 Å². The monoisotopic (exact) mass is 168 g/mol. The summed E-state index contributed by atoms with van der Waals surface area (Å²) < 4.78 is 0. The highest BCUT2D eigenvalue weighted by Crippen LogP contribution is 2.62. The Kier molecular flexibility index (Phi) is 2.85. The van der Waals surface area contributed by atoms with Crippen molar-refractivity contribution >= 4 is 0 Å². The smallest absolute Gasteiger partial charge is 0.0266 e. The molecule has 0 saturated heterocycles. The van der Waals surface area contributed by atoms with E-state index in [-0.39, 0.29) is 0 Å². The minimum absolute atomic E-state index is 0.707. The molecule has 0 nitrogen and oxygen atoms in total. The third-order valence-electron chi connectivity index (χ3n) is 4.08. The largest absolute Gasteiger partial charge is 0.0651 e. The average molecular weight is 168 g/mol. The molecule has 0 amide bonds. The highest BCUT2D eigenvalue weighted by Gasteiger charge is 2.55. The van der Waals surface area contributed by atoms with Crippen LogP contribution in [-0.4, -0.2) is 0 Å². The lowest BCUT2D eigenvalue weighted by Crippen LogP contribution is -2.01. The van der Waals surface area contributed by atoms with Crippen molar-refractivity contribution in [3.8, 4) is 0 Å². The summed E-state index contributed by atoms with van der Waals surface area (Å²) in [6, 6.07) is 0. The maximum absolute atomic E-state index is 2.48. The zero-order valence-corrected chi connectivity index (χ0v) is 9.35. The minimum Gasteiger partial charge on any atom is -0.0651 e. The molecule has 0 heterocycles. The average Bonchev–Trinajstić information content (AvgIpc) is 2.52. The Balaban J connectivity index is 2.33. The van der Waals surface area contributed by atoms with Gasteiger partial charge in [-0.15, -0.1) is 0 Å². The lowest BCUT2D eigenvalue weighted by molar-refractivity contribution is 0.387. The van der Waals surface area contributed by atoms with Crippen LogP contribution >= 0.6 is 0 Å². The van der Waals surface area contributed by atoms with Gasteiger partial charge in [0.15, 0.2) is 0 Å². The standard InChI is InChI=1S/C12H24/c1-6-11-10(4)12(11,5)8-7-9(2)3/h9-11H,6-8H2,1-5H3. The lowest BCUT2D eigenvalue weighted by atomic mass is 9.93. The summed E-state index contributed by atoms with van der Waals surface area (Å²) in [7, 11) is 0. The zero-order chi connectivity index (χ0) is 9.35. The first-order valence-corrected chi connectivity index (χ1v) is 5.52. The second-order valence-corrected chi connectivity index (χ2v) is 5.24. The molecule has 3 atom stereocenters. The predicted octanol–water partition coefficient (Wildman–Crippen LogP) is 4.10. The van der Waals surface area contributed by atoms with E-state index in [0.717, 1.165) is 17.8 Å². The van der Waals surface area contributed by atoms with Crippen molar-refractivity contribution in [3.63, 3.8) is 0 Å². The van der Waals surface area contributed by atoms with Crippen LogP contribution in [0.15, 0.2) is 0 Å². The summed E-state index contributed by atoms with van der Waals surface area (Å²) in [5, 5.41) is 0. The molecule has 0 aromatic heterocycles.